The topological polar surface area (TPSA) is 85.8 Å². The molecule has 1 aromatic heterocycles. The number of morpholine rings is 1. The molecule has 0 aliphatic carbocycles. The van der Waals surface area contributed by atoms with Crippen LogP contribution >= 0.6 is 0 Å². The summed E-state index contributed by atoms with van der Waals surface area (Å²) >= 11 is 0. The highest BCUT2D eigenvalue weighted by Gasteiger charge is 2.20. The minimum absolute atomic E-state index is 0.263. The van der Waals surface area contributed by atoms with Crippen LogP contribution in [0.4, 0.5) is 11.8 Å². The standard InChI is InChI=1S/C15H22N4O4/c1-21-14(20)12-10-13(16-11-2-6-22-7-3-11)18-15(17-12)19-4-8-23-9-5-19/h10-11H,2-9H2,1H3,(H,16,17,18). The predicted octanol–water partition coefficient (Wildman–Crippen LogP) is 0.691. The summed E-state index contributed by atoms with van der Waals surface area (Å²) in [7, 11) is 1.35. The second kappa shape index (κ2) is 7.56. The van der Waals surface area contributed by atoms with Crippen molar-refractivity contribution < 1.29 is 19.0 Å². The van der Waals surface area contributed by atoms with Crippen molar-refractivity contribution in [1.29, 1.82) is 0 Å². The van der Waals surface area contributed by atoms with Crippen LogP contribution < -0.4 is 10.2 Å². The van der Waals surface area contributed by atoms with Crippen molar-refractivity contribution in [2.45, 2.75) is 18.9 Å². The number of carbonyl (C=O) groups excluding carboxylic acids is 1. The van der Waals surface area contributed by atoms with Crippen LogP contribution in [-0.2, 0) is 14.2 Å². The Bertz CT molecular complexity index is 542. The Balaban J connectivity index is 1.82. The Hall–Kier alpha value is -1.93. The van der Waals surface area contributed by atoms with Gasteiger partial charge in [-0.05, 0) is 12.8 Å². The average Bonchev–Trinajstić information content (AvgIpc) is 2.62. The SMILES string of the molecule is COC(=O)c1cc(NC2CCOCC2)nc(N2CCOCC2)n1. The van der Waals surface area contributed by atoms with Crippen LogP contribution in [0.5, 0.6) is 0 Å². The minimum Gasteiger partial charge on any atom is -0.464 e. The number of methoxy groups -OCH3 is 1. The van der Waals surface area contributed by atoms with Crippen LogP contribution in [0.3, 0.4) is 0 Å². The van der Waals surface area contributed by atoms with Gasteiger partial charge in [0.05, 0.1) is 20.3 Å². The van der Waals surface area contributed by atoms with E-state index in [-0.39, 0.29) is 5.69 Å². The highest BCUT2D eigenvalue weighted by molar-refractivity contribution is 5.88. The fourth-order valence-electron chi connectivity index (χ4n) is 2.67. The highest BCUT2D eigenvalue weighted by Crippen LogP contribution is 2.19. The van der Waals surface area contributed by atoms with Crippen LogP contribution in [0.25, 0.3) is 0 Å². The molecule has 2 saturated heterocycles. The van der Waals surface area contributed by atoms with Gasteiger partial charge in [0.25, 0.3) is 0 Å². The molecular formula is C15H22N4O4. The lowest BCUT2D eigenvalue weighted by Crippen LogP contribution is -2.38. The largest absolute Gasteiger partial charge is 0.464 e. The lowest BCUT2D eigenvalue weighted by Gasteiger charge is -2.28. The lowest BCUT2D eigenvalue weighted by atomic mass is 10.1. The number of ether oxygens (including phenoxy) is 3. The van der Waals surface area contributed by atoms with Crippen LogP contribution in [0.1, 0.15) is 23.3 Å². The summed E-state index contributed by atoms with van der Waals surface area (Å²) in [6, 6.07) is 1.94. The number of carbonyl (C=O) groups is 1. The van der Waals surface area contributed by atoms with Gasteiger partial charge >= 0.3 is 5.97 Å². The summed E-state index contributed by atoms with van der Waals surface area (Å²) in [5, 5.41) is 3.38. The van der Waals surface area contributed by atoms with Gasteiger partial charge in [-0.25, -0.2) is 9.78 Å². The zero-order valence-corrected chi connectivity index (χ0v) is 13.3. The molecular weight excluding hydrogens is 300 g/mol. The van der Waals surface area contributed by atoms with E-state index in [1.165, 1.54) is 7.11 Å². The number of aromatic nitrogens is 2. The van der Waals surface area contributed by atoms with Crippen LogP contribution in [0.2, 0.25) is 0 Å². The van der Waals surface area contributed by atoms with E-state index in [1.807, 2.05) is 4.90 Å². The zero-order chi connectivity index (χ0) is 16.1. The first-order valence-corrected chi connectivity index (χ1v) is 7.90. The molecule has 1 N–H and O–H groups in total. The van der Waals surface area contributed by atoms with E-state index in [4.69, 9.17) is 14.2 Å². The van der Waals surface area contributed by atoms with E-state index in [9.17, 15) is 4.79 Å². The Labute approximate surface area is 135 Å². The quantitative estimate of drug-likeness (QED) is 0.811. The summed E-state index contributed by atoms with van der Waals surface area (Å²) in [6.45, 7) is 4.16. The zero-order valence-electron chi connectivity index (χ0n) is 13.3. The van der Waals surface area contributed by atoms with Gasteiger partial charge in [0, 0.05) is 38.4 Å². The molecule has 0 saturated carbocycles. The summed E-state index contributed by atoms with van der Waals surface area (Å²) in [5.41, 5.74) is 0.263. The Morgan fingerprint density at radius 1 is 1.22 bits per heavy atom. The number of esters is 1. The van der Waals surface area contributed by atoms with Crippen molar-refractivity contribution in [1.82, 2.24) is 9.97 Å². The van der Waals surface area contributed by atoms with E-state index in [1.54, 1.807) is 6.07 Å². The molecule has 0 unspecified atom stereocenters. The van der Waals surface area contributed by atoms with Gasteiger partial charge in [-0.3, -0.25) is 0 Å². The van der Waals surface area contributed by atoms with Crippen molar-refractivity contribution in [3.05, 3.63) is 11.8 Å². The maximum Gasteiger partial charge on any atom is 0.356 e. The van der Waals surface area contributed by atoms with Gasteiger partial charge in [0.15, 0.2) is 5.69 Å². The van der Waals surface area contributed by atoms with E-state index >= 15 is 0 Å². The third-order valence-electron chi connectivity index (χ3n) is 3.98. The molecule has 0 aromatic carbocycles. The van der Waals surface area contributed by atoms with Crippen LogP contribution in [-0.4, -0.2) is 68.6 Å². The second-order valence-electron chi connectivity index (χ2n) is 5.56. The molecule has 8 heteroatoms. The molecule has 23 heavy (non-hydrogen) atoms. The molecule has 0 atom stereocenters. The summed E-state index contributed by atoms with van der Waals surface area (Å²) < 4.78 is 15.5. The molecule has 2 aliphatic rings. The van der Waals surface area contributed by atoms with Crippen molar-refractivity contribution >= 4 is 17.7 Å². The normalized spacial score (nSPS) is 19.4. The van der Waals surface area contributed by atoms with Crippen molar-refractivity contribution in [2.24, 2.45) is 0 Å². The highest BCUT2D eigenvalue weighted by atomic mass is 16.5. The van der Waals surface area contributed by atoms with Gasteiger partial charge in [-0.15, -0.1) is 0 Å². The number of hydrogen-bond acceptors (Lipinski definition) is 8. The van der Waals surface area contributed by atoms with Gasteiger partial charge in [-0.2, -0.15) is 4.98 Å². The second-order valence-corrected chi connectivity index (χ2v) is 5.56. The Morgan fingerprint density at radius 2 is 1.91 bits per heavy atom. The number of hydrogen-bond donors (Lipinski definition) is 1. The number of nitrogens with zero attached hydrogens (tertiary/aromatic N) is 3. The monoisotopic (exact) mass is 322 g/mol. The molecule has 0 spiro atoms. The fraction of sp³-hybridized carbons (Fsp3) is 0.667. The van der Waals surface area contributed by atoms with Crippen molar-refractivity contribution in [3.63, 3.8) is 0 Å². The molecule has 3 rings (SSSR count). The van der Waals surface area contributed by atoms with Gasteiger partial charge in [0.1, 0.15) is 5.82 Å². The molecule has 0 amide bonds. The smallest absolute Gasteiger partial charge is 0.356 e. The average molecular weight is 322 g/mol. The van der Waals surface area contributed by atoms with Crippen molar-refractivity contribution in [2.75, 3.05) is 56.8 Å². The molecule has 3 heterocycles. The van der Waals surface area contributed by atoms with Gasteiger partial charge in [-0.1, -0.05) is 0 Å². The van der Waals surface area contributed by atoms with Crippen LogP contribution in [0.15, 0.2) is 6.07 Å². The Kier molecular flexibility index (Phi) is 5.24. The summed E-state index contributed by atoms with van der Waals surface area (Å²) in [5.74, 6) is 0.719. The maximum atomic E-state index is 11.9. The number of rotatable bonds is 4. The molecule has 2 fully saturated rings. The Morgan fingerprint density at radius 3 is 2.61 bits per heavy atom. The molecule has 2 aliphatic heterocycles. The first-order chi connectivity index (χ1) is 11.3. The summed E-state index contributed by atoms with van der Waals surface area (Å²) in [4.78, 5) is 22.8. The fourth-order valence-corrected chi connectivity index (χ4v) is 2.67. The first kappa shape index (κ1) is 15.9. The maximum absolute atomic E-state index is 11.9. The van der Waals surface area contributed by atoms with Crippen LogP contribution in [0, 0.1) is 0 Å². The number of nitrogens with one attached hydrogen (secondary N) is 1. The molecule has 126 valence electrons. The molecule has 8 nitrogen and oxygen atoms in total. The lowest BCUT2D eigenvalue weighted by molar-refractivity contribution is 0.0593. The summed E-state index contributed by atoms with van der Waals surface area (Å²) in [6.07, 6.45) is 1.84. The van der Waals surface area contributed by atoms with E-state index in [2.05, 4.69) is 15.3 Å². The molecule has 0 bridgehead atoms. The molecule has 0 radical (unpaired) electrons. The third-order valence-corrected chi connectivity index (χ3v) is 3.98. The number of anilines is 2. The van der Waals surface area contributed by atoms with Gasteiger partial charge in [0.2, 0.25) is 5.95 Å². The van der Waals surface area contributed by atoms with Crippen molar-refractivity contribution in [3.8, 4) is 0 Å². The third kappa shape index (κ3) is 4.08. The van der Waals surface area contributed by atoms with E-state index < -0.39 is 5.97 Å². The van der Waals surface area contributed by atoms with E-state index in [0.29, 0.717) is 44.1 Å². The van der Waals surface area contributed by atoms with Gasteiger partial charge < -0.3 is 24.4 Å². The molecule has 1 aromatic rings. The minimum atomic E-state index is -0.461. The predicted molar refractivity (Wildman–Crippen MR) is 83.9 cm³/mol. The first-order valence-electron chi connectivity index (χ1n) is 7.90. The van der Waals surface area contributed by atoms with E-state index in [0.717, 1.165) is 26.1 Å².